The Hall–Kier alpha value is -3.80. The molecule has 0 unspecified atom stereocenters. The molecule has 0 spiro atoms. The Labute approximate surface area is 180 Å². The van der Waals surface area contributed by atoms with E-state index in [9.17, 15) is 14.9 Å². The van der Waals surface area contributed by atoms with E-state index in [1.54, 1.807) is 19.2 Å². The SMILES string of the molecule is COc1cc([N+](=O)[O-])ccc1NC(=O)CSc1nnc(COc2ccccc2OC)o1. The average molecular weight is 446 g/mol. The van der Waals surface area contributed by atoms with Crippen LogP contribution in [0.25, 0.3) is 0 Å². The van der Waals surface area contributed by atoms with Gasteiger partial charge in [0, 0.05) is 6.07 Å². The Morgan fingerprint density at radius 1 is 1.13 bits per heavy atom. The first kappa shape index (κ1) is 21.9. The Balaban J connectivity index is 1.52. The molecule has 0 saturated heterocycles. The summed E-state index contributed by atoms with van der Waals surface area (Å²) in [6, 6.07) is 11.1. The number of non-ortho nitro benzene ring substituents is 1. The predicted octanol–water partition coefficient (Wildman–Crippen LogP) is 3.30. The van der Waals surface area contributed by atoms with Crippen LogP contribution >= 0.6 is 11.8 Å². The Morgan fingerprint density at radius 3 is 2.58 bits per heavy atom. The summed E-state index contributed by atoms with van der Waals surface area (Å²) in [6.07, 6.45) is 0. The van der Waals surface area contributed by atoms with Crippen molar-refractivity contribution in [1.29, 1.82) is 0 Å². The van der Waals surface area contributed by atoms with Gasteiger partial charge in [-0.25, -0.2) is 0 Å². The van der Waals surface area contributed by atoms with Crippen LogP contribution in [-0.2, 0) is 11.4 Å². The molecule has 162 valence electrons. The van der Waals surface area contributed by atoms with Crippen molar-refractivity contribution in [2.45, 2.75) is 11.8 Å². The molecule has 0 atom stereocenters. The predicted molar refractivity (Wildman–Crippen MR) is 111 cm³/mol. The summed E-state index contributed by atoms with van der Waals surface area (Å²) in [4.78, 5) is 22.5. The maximum absolute atomic E-state index is 12.2. The monoisotopic (exact) mass is 446 g/mol. The second-order valence-electron chi connectivity index (χ2n) is 5.88. The van der Waals surface area contributed by atoms with Crippen LogP contribution in [0.2, 0.25) is 0 Å². The minimum Gasteiger partial charge on any atom is -0.494 e. The van der Waals surface area contributed by atoms with Crippen molar-refractivity contribution in [3.8, 4) is 17.2 Å². The fraction of sp³-hybridized carbons (Fsp3) is 0.211. The van der Waals surface area contributed by atoms with E-state index >= 15 is 0 Å². The van der Waals surface area contributed by atoms with Gasteiger partial charge in [-0.2, -0.15) is 0 Å². The number of carbonyl (C=O) groups is 1. The summed E-state index contributed by atoms with van der Waals surface area (Å²) in [5.74, 6) is 1.15. The first-order valence-corrected chi connectivity index (χ1v) is 9.82. The molecular weight excluding hydrogens is 428 g/mol. The number of carbonyl (C=O) groups excluding carboxylic acids is 1. The molecule has 31 heavy (non-hydrogen) atoms. The van der Waals surface area contributed by atoms with Crippen LogP contribution in [0.5, 0.6) is 17.2 Å². The van der Waals surface area contributed by atoms with Crippen molar-refractivity contribution in [3.63, 3.8) is 0 Å². The van der Waals surface area contributed by atoms with Crippen LogP contribution in [0, 0.1) is 10.1 Å². The van der Waals surface area contributed by atoms with Crippen molar-refractivity contribution in [1.82, 2.24) is 10.2 Å². The lowest BCUT2D eigenvalue weighted by atomic mass is 10.2. The molecule has 3 aromatic rings. The molecule has 1 aromatic heterocycles. The largest absolute Gasteiger partial charge is 0.494 e. The number of methoxy groups -OCH3 is 2. The molecule has 0 bridgehead atoms. The van der Waals surface area contributed by atoms with Gasteiger partial charge >= 0.3 is 0 Å². The number of nitrogens with one attached hydrogen (secondary N) is 1. The van der Waals surface area contributed by atoms with Crippen molar-refractivity contribution in [2.24, 2.45) is 0 Å². The first-order valence-electron chi connectivity index (χ1n) is 8.83. The van der Waals surface area contributed by atoms with Gasteiger partial charge in [0.25, 0.3) is 16.8 Å². The highest BCUT2D eigenvalue weighted by Gasteiger charge is 2.15. The number of ether oxygens (including phenoxy) is 3. The average Bonchev–Trinajstić information content (AvgIpc) is 3.24. The molecule has 1 amide bonds. The third kappa shape index (κ3) is 5.85. The number of para-hydroxylation sites is 2. The number of rotatable bonds is 10. The summed E-state index contributed by atoms with van der Waals surface area (Å²) in [7, 11) is 2.90. The number of anilines is 1. The number of benzene rings is 2. The molecule has 0 radical (unpaired) electrons. The van der Waals surface area contributed by atoms with E-state index in [1.165, 1.54) is 25.3 Å². The fourth-order valence-corrected chi connectivity index (χ4v) is 3.02. The van der Waals surface area contributed by atoms with Gasteiger partial charge in [-0.3, -0.25) is 14.9 Å². The quantitative estimate of drug-likeness (QED) is 0.280. The first-order chi connectivity index (χ1) is 15.0. The molecule has 1 N–H and O–H groups in total. The number of amides is 1. The minimum absolute atomic E-state index is 0.0187. The molecule has 1 heterocycles. The third-order valence-electron chi connectivity index (χ3n) is 3.87. The van der Waals surface area contributed by atoms with E-state index in [0.29, 0.717) is 17.2 Å². The van der Waals surface area contributed by atoms with Gasteiger partial charge in [0.2, 0.25) is 5.91 Å². The zero-order valence-electron chi connectivity index (χ0n) is 16.6. The highest BCUT2D eigenvalue weighted by Crippen LogP contribution is 2.30. The van der Waals surface area contributed by atoms with Gasteiger partial charge < -0.3 is 23.9 Å². The summed E-state index contributed by atoms with van der Waals surface area (Å²) < 4.78 is 21.4. The number of aromatic nitrogens is 2. The van der Waals surface area contributed by atoms with E-state index in [-0.39, 0.29) is 40.8 Å². The molecule has 11 nitrogen and oxygen atoms in total. The highest BCUT2D eigenvalue weighted by atomic mass is 32.2. The lowest BCUT2D eigenvalue weighted by Gasteiger charge is -2.09. The fourth-order valence-electron chi connectivity index (χ4n) is 2.44. The molecule has 0 aliphatic rings. The lowest BCUT2D eigenvalue weighted by molar-refractivity contribution is -0.384. The summed E-state index contributed by atoms with van der Waals surface area (Å²) in [6.45, 7) is 0.0418. The van der Waals surface area contributed by atoms with Gasteiger partial charge in [-0.1, -0.05) is 23.9 Å². The van der Waals surface area contributed by atoms with Crippen molar-refractivity contribution >= 4 is 29.0 Å². The zero-order valence-corrected chi connectivity index (χ0v) is 17.4. The topological polar surface area (TPSA) is 139 Å². The second kappa shape index (κ2) is 10.3. The Morgan fingerprint density at radius 2 is 1.87 bits per heavy atom. The van der Waals surface area contributed by atoms with E-state index in [1.807, 2.05) is 12.1 Å². The molecule has 0 saturated carbocycles. The minimum atomic E-state index is -0.547. The molecule has 2 aromatic carbocycles. The zero-order chi connectivity index (χ0) is 22.2. The van der Waals surface area contributed by atoms with Crippen LogP contribution in [-0.4, -0.2) is 41.0 Å². The normalized spacial score (nSPS) is 10.4. The summed E-state index contributed by atoms with van der Waals surface area (Å²) in [5, 5.41) is 21.4. The van der Waals surface area contributed by atoms with Crippen LogP contribution < -0.4 is 19.5 Å². The smallest absolute Gasteiger partial charge is 0.277 e. The van der Waals surface area contributed by atoms with E-state index < -0.39 is 4.92 Å². The van der Waals surface area contributed by atoms with Crippen molar-refractivity contribution in [3.05, 3.63) is 58.5 Å². The molecule has 3 rings (SSSR count). The Bertz CT molecular complexity index is 1070. The van der Waals surface area contributed by atoms with Gasteiger partial charge in [-0.05, 0) is 18.2 Å². The molecule has 0 aliphatic carbocycles. The molecule has 12 heteroatoms. The molecular formula is C19H18N4O7S. The van der Waals surface area contributed by atoms with Crippen LogP contribution in [0.15, 0.2) is 52.1 Å². The highest BCUT2D eigenvalue weighted by molar-refractivity contribution is 7.99. The Kier molecular flexibility index (Phi) is 7.27. The summed E-state index contributed by atoms with van der Waals surface area (Å²) >= 11 is 1.04. The lowest BCUT2D eigenvalue weighted by Crippen LogP contribution is -2.14. The van der Waals surface area contributed by atoms with Gasteiger partial charge in [0.05, 0.1) is 36.6 Å². The molecule has 0 aliphatic heterocycles. The van der Waals surface area contributed by atoms with Gasteiger partial charge in [-0.15, -0.1) is 10.2 Å². The number of nitro benzene ring substituents is 1. The maximum Gasteiger partial charge on any atom is 0.277 e. The standard InChI is InChI=1S/C19H18N4O7S/c1-27-14-5-3-4-6-15(14)29-10-18-21-22-19(30-18)31-11-17(24)20-13-8-7-12(23(25)26)9-16(13)28-2/h3-9H,10-11H2,1-2H3,(H,20,24). The van der Waals surface area contributed by atoms with Crippen LogP contribution in [0.1, 0.15) is 5.89 Å². The van der Waals surface area contributed by atoms with Crippen LogP contribution in [0.4, 0.5) is 11.4 Å². The number of hydrogen-bond donors (Lipinski definition) is 1. The van der Waals surface area contributed by atoms with Crippen molar-refractivity contribution < 1.29 is 28.3 Å². The second-order valence-corrected chi connectivity index (χ2v) is 6.81. The number of thioether (sulfide) groups is 1. The van der Waals surface area contributed by atoms with Gasteiger partial charge in [0.15, 0.2) is 18.1 Å². The van der Waals surface area contributed by atoms with Crippen molar-refractivity contribution in [2.75, 3.05) is 25.3 Å². The number of nitro groups is 1. The summed E-state index contributed by atoms with van der Waals surface area (Å²) in [5.41, 5.74) is 0.174. The van der Waals surface area contributed by atoms with Crippen LogP contribution in [0.3, 0.4) is 0 Å². The van der Waals surface area contributed by atoms with Gasteiger partial charge in [0.1, 0.15) is 5.75 Å². The maximum atomic E-state index is 12.2. The third-order valence-corrected chi connectivity index (χ3v) is 4.68. The molecule has 0 fully saturated rings. The number of nitrogens with zero attached hydrogens (tertiary/aromatic N) is 3. The van der Waals surface area contributed by atoms with E-state index in [0.717, 1.165) is 11.8 Å². The van der Waals surface area contributed by atoms with E-state index in [4.69, 9.17) is 18.6 Å². The van der Waals surface area contributed by atoms with E-state index in [2.05, 4.69) is 15.5 Å². The number of hydrogen-bond acceptors (Lipinski definition) is 10.